The third-order valence-electron chi connectivity index (χ3n) is 3.91. The van der Waals surface area contributed by atoms with Gasteiger partial charge in [-0.05, 0) is 66.2 Å². The summed E-state index contributed by atoms with van der Waals surface area (Å²) >= 11 is 0. The van der Waals surface area contributed by atoms with Crippen LogP contribution < -0.4 is 0 Å². The van der Waals surface area contributed by atoms with E-state index in [1.807, 2.05) is 0 Å². The van der Waals surface area contributed by atoms with Crippen LogP contribution in [0.5, 0.6) is 11.5 Å². The van der Waals surface area contributed by atoms with Gasteiger partial charge in [0.15, 0.2) is 9.84 Å². The molecule has 0 aliphatic heterocycles. The Morgan fingerprint density at radius 2 is 1.15 bits per heavy atom. The molecule has 3 aromatic carbocycles. The number of benzene rings is 3. The second-order valence-electron chi connectivity index (χ2n) is 5.90. The van der Waals surface area contributed by atoms with Gasteiger partial charge in [0, 0.05) is 0 Å². The Morgan fingerprint density at radius 1 is 0.630 bits per heavy atom. The highest BCUT2D eigenvalue weighted by Gasteiger charge is 2.20. The summed E-state index contributed by atoms with van der Waals surface area (Å²) in [6, 6.07) is 16.0. The molecule has 0 saturated carbocycles. The van der Waals surface area contributed by atoms with Gasteiger partial charge in [-0.3, -0.25) is 0 Å². The first kappa shape index (κ1) is 18.9. The van der Waals surface area contributed by atoms with E-state index in [0.717, 1.165) is 0 Å². The Morgan fingerprint density at radius 3 is 1.70 bits per heavy atom. The SMILES string of the molecule is O=S(=O)(Cc1cccc(S(=O)(=O)c2ccc(O)cc2)c1)c1ccc(O)cc1. The predicted octanol–water partition coefficient (Wildman–Crippen LogP) is 2.90. The van der Waals surface area contributed by atoms with Gasteiger partial charge in [-0.1, -0.05) is 12.1 Å². The van der Waals surface area contributed by atoms with Crippen LogP contribution >= 0.6 is 0 Å². The van der Waals surface area contributed by atoms with Crippen molar-refractivity contribution in [1.82, 2.24) is 0 Å². The van der Waals surface area contributed by atoms with Gasteiger partial charge in [0.25, 0.3) is 0 Å². The van der Waals surface area contributed by atoms with E-state index in [0.29, 0.717) is 5.56 Å². The molecule has 0 aromatic heterocycles. The lowest BCUT2D eigenvalue weighted by Gasteiger charge is -2.08. The summed E-state index contributed by atoms with van der Waals surface area (Å²) in [4.78, 5) is -0.00228. The Bertz CT molecular complexity index is 1160. The van der Waals surface area contributed by atoms with Crippen LogP contribution in [0.15, 0.2) is 87.5 Å². The van der Waals surface area contributed by atoms with Crippen molar-refractivity contribution in [2.75, 3.05) is 0 Å². The average molecular weight is 404 g/mol. The summed E-state index contributed by atoms with van der Waals surface area (Å²) in [5, 5.41) is 18.6. The minimum absolute atomic E-state index is 0.00107. The number of sulfone groups is 2. The van der Waals surface area contributed by atoms with Crippen molar-refractivity contribution in [3.63, 3.8) is 0 Å². The molecular formula is C19H16O6S2. The zero-order chi connectivity index (χ0) is 19.7. The molecule has 0 spiro atoms. The maximum atomic E-state index is 12.7. The second-order valence-corrected chi connectivity index (χ2v) is 9.84. The summed E-state index contributed by atoms with van der Waals surface area (Å²) < 4.78 is 50.5. The Balaban J connectivity index is 1.94. The van der Waals surface area contributed by atoms with Gasteiger partial charge in [-0.2, -0.15) is 0 Å². The summed E-state index contributed by atoms with van der Waals surface area (Å²) in [6.45, 7) is 0. The third-order valence-corrected chi connectivity index (χ3v) is 7.38. The van der Waals surface area contributed by atoms with Crippen LogP contribution in [-0.2, 0) is 25.4 Å². The lowest BCUT2D eigenvalue weighted by Crippen LogP contribution is -2.07. The van der Waals surface area contributed by atoms with Gasteiger partial charge in [0.1, 0.15) is 11.5 Å². The molecule has 0 bridgehead atoms. The summed E-state index contributed by atoms with van der Waals surface area (Å²) in [6.07, 6.45) is 0. The molecular weight excluding hydrogens is 388 g/mol. The highest BCUT2D eigenvalue weighted by atomic mass is 32.2. The molecule has 140 valence electrons. The smallest absolute Gasteiger partial charge is 0.206 e. The van der Waals surface area contributed by atoms with Gasteiger partial charge in [-0.25, -0.2) is 16.8 Å². The number of aromatic hydroxyl groups is 2. The van der Waals surface area contributed by atoms with E-state index in [9.17, 15) is 27.0 Å². The minimum atomic E-state index is -3.84. The summed E-state index contributed by atoms with van der Waals surface area (Å²) in [5.41, 5.74) is 0.322. The molecule has 2 N–H and O–H groups in total. The first-order valence-electron chi connectivity index (χ1n) is 7.83. The molecule has 0 aliphatic carbocycles. The lowest BCUT2D eigenvalue weighted by atomic mass is 10.2. The maximum Gasteiger partial charge on any atom is 0.206 e. The minimum Gasteiger partial charge on any atom is -0.508 e. The van der Waals surface area contributed by atoms with E-state index in [-0.39, 0.29) is 31.9 Å². The van der Waals surface area contributed by atoms with Crippen LogP contribution in [-0.4, -0.2) is 27.0 Å². The maximum absolute atomic E-state index is 12.7. The first-order valence-corrected chi connectivity index (χ1v) is 11.0. The van der Waals surface area contributed by atoms with Crippen LogP contribution in [0.25, 0.3) is 0 Å². The Hall–Kier alpha value is -2.84. The quantitative estimate of drug-likeness (QED) is 0.677. The van der Waals surface area contributed by atoms with Crippen LogP contribution in [0.4, 0.5) is 0 Å². The van der Waals surface area contributed by atoms with Crippen molar-refractivity contribution in [1.29, 1.82) is 0 Å². The molecule has 0 heterocycles. The first-order chi connectivity index (χ1) is 12.7. The van der Waals surface area contributed by atoms with Gasteiger partial charge in [0.2, 0.25) is 9.84 Å². The number of phenols is 2. The molecule has 3 rings (SSSR count). The molecule has 0 atom stereocenters. The van der Waals surface area contributed by atoms with Crippen molar-refractivity contribution >= 4 is 19.7 Å². The van der Waals surface area contributed by atoms with Crippen molar-refractivity contribution in [3.8, 4) is 11.5 Å². The van der Waals surface area contributed by atoms with Crippen LogP contribution in [0.2, 0.25) is 0 Å². The standard InChI is InChI=1S/C19H16O6S2/c20-15-4-8-17(9-5-15)26(22,23)13-14-2-1-3-19(12-14)27(24,25)18-10-6-16(21)7-11-18/h1-12,20-21H,13H2. The van der Waals surface area contributed by atoms with E-state index in [1.165, 1.54) is 72.8 Å². The Kier molecular flexibility index (Phi) is 4.95. The number of rotatable bonds is 5. The molecule has 0 radical (unpaired) electrons. The molecule has 3 aromatic rings. The zero-order valence-electron chi connectivity index (χ0n) is 14.0. The fraction of sp³-hybridized carbons (Fsp3) is 0.0526. The molecule has 0 fully saturated rings. The molecule has 0 unspecified atom stereocenters. The molecule has 0 amide bonds. The molecule has 27 heavy (non-hydrogen) atoms. The van der Waals surface area contributed by atoms with E-state index in [2.05, 4.69) is 0 Å². The summed E-state index contributed by atoms with van der Waals surface area (Å²) in [7, 11) is -7.54. The molecule has 6 nitrogen and oxygen atoms in total. The van der Waals surface area contributed by atoms with E-state index in [4.69, 9.17) is 0 Å². The third kappa shape index (κ3) is 4.12. The largest absolute Gasteiger partial charge is 0.508 e. The predicted molar refractivity (Wildman–Crippen MR) is 99.0 cm³/mol. The van der Waals surface area contributed by atoms with E-state index in [1.54, 1.807) is 0 Å². The monoisotopic (exact) mass is 404 g/mol. The van der Waals surface area contributed by atoms with Gasteiger partial charge >= 0.3 is 0 Å². The molecule has 0 saturated heterocycles. The molecule has 0 aliphatic rings. The number of phenolic OH excluding ortho intramolecular Hbond substituents is 2. The molecule has 8 heteroatoms. The van der Waals surface area contributed by atoms with Gasteiger partial charge in [-0.15, -0.1) is 0 Å². The van der Waals surface area contributed by atoms with Crippen LogP contribution in [0.1, 0.15) is 5.56 Å². The lowest BCUT2D eigenvalue weighted by molar-refractivity contribution is 0.474. The highest BCUT2D eigenvalue weighted by Crippen LogP contribution is 2.25. The van der Waals surface area contributed by atoms with Crippen molar-refractivity contribution in [2.24, 2.45) is 0 Å². The van der Waals surface area contributed by atoms with Crippen LogP contribution in [0, 0.1) is 0 Å². The fourth-order valence-corrected chi connectivity index (χ4v) is 5.19. The number of hydrogen-bond acceptors (Lipinski definition) is 6. The highest BCUT2D eigenvalue weighted by molar-refractivity contribution is 7.91. The summed E-state index contributed by atoms with van der Waals surface area (Å²) in [5.74, 6) is -0.477. The fourth-order valence-electron chi connectivity index (χ4n) is 2.52. The normalized spacial score (nSPS) is 12.0. The van der Waals surface area contributed by atoms with E-state index < -0.39 is 19.7 Å². The van der Waals surface area contributed by atoms with Gasteiger partial charge in [0.05, 0.1) is 20.4 Å². The average Bonchev–Trinajstić information content (AvgIpc) is 2.62. The van der Waals surface area contributed by atoms with Crippen molar-refractivity contribution in [3.05, 3.63) is 78.4 Å². The van der Waals surface area contributed by atoms with Crippen molar-refractivity contribution in [2.45, 2.75) is 20.4 Å². The second kappa shape index (κ2) is 7.05. The Labute approximate surface area is 157 Å². The van der Waals surface area contributed by atoms with Crippen molar-refractivity contribution < 1.29 is 27.0 Å². The zero-order valence-corrected chi connectivity index (χ0v) is 15.6. The number of hydrogen-bond donors (Lipinski definition) is 2. The topological polar surface area (TPSA) is 109 Å². The van der Waals surface area contributed by atoms with Gasteiger partial charge < -0.3 is 10.2 Å². The van der Waals surface area contributed by atoms with Crippen LogP contribution in [0.3, 0.4) is 0 Å². The van der Waals surface area contributed by atoms with E-state index >= 15 is 0 Å².